The summed E-state index contributed by atoms with van der Waals surface area (Å²) in [5.74, 6) is 0.762. The maximum atomic E-state index is 8.95. The number of aliphatic hydroxyl groups is 1. The molecule has 1 nitrogen and oxygen atoms in total. The molecule has 0 saturated carbocycles. The van der Waals surface area contributed by atoms with Crippen molar-refractivity contribution in [1.29, 1.82) is 0 Å². The Morgan fingerprint density at radius 3 is 2.57 bits per heavy atom. The van der Waals surface area contributed by atoms with Crippen molar-refractivity contribution >= 4 is 0 Å². The molecule has 1 rings (SSSR count). The predicted molar refractivity (Wildman–Crippen MR) is 93.3 cm³/mol. The van der Waals surface area contributed by atoms with Gasteiger partial charge in [0.2, 0.25) is 0 Å². The Hall–Kier alpha value is -1.08. The lowest BCUT2D eigenvalue weighted by molar-refractivity contribution is 0.331. The highest BCUT2D eigenvalue weighted by Crippen LogP contribution is 2.28. The van der Waals surface area contributed by atoms with E-state index in [-0.39, 0.29) is 6.61 Å². The van der Waals surface area contributed by atoms with E-state index in [1.165, 1.54) is 24.8 Å². The van der Waals surface area contributed by atoms with Gasteiger partial charge in [0, 0.05) is 0 Å². The Morgan fingerprint density at radius 2 is 1.95 bits per heavy atom. The maximum absolute atomic E-state index is 8.95. The van der Waals surface area contributed by atoms with Gasteiger partial charge < -0.3 is 5.11 Å². The van der Waals surface area contributed by atoms with Gasteiger partial charge in [-0.05, 0) is 72.1 Å². The van der Waals surface area contributed by atoms with E-state index in [2.05, 4.69) is 45.1 Å². The maximum Gasteiger partial charge on any atom is 0.0639 e. The first-order valence-corrected chi connectivity index (χ1v) is 8.27. The van der Waals surface area contributed by atoms with Crippen LogP contribution in [0.2, 0.25) is 0 Å². The minimum absolute atomic E-state index is 0.181. The van der Waals surface area contributed by atoms with Crippen LogP contribution in [0.3, 0.4) is 0 Å². The second kappa shape index (κ2) is 9.78. The van der Waals surface area contributed by atoms with Crippen molar-refractivity contribution in [3.05, 3.63) is 46.6 Å². The van der Waals surface area contributed by atoms with E-state index in [1.54, 1.807) is 11.1 Å². The van der Waals surface area contributed by atoms with Crippen LogP contribution in [-0.2, 0) is 0 Å². The summed E-state index contributed by atoms with van der Waals surface area (Å²) in [6.07, 6.45) is 16.3. The fourth-order valence-electron chi connectivity index (χ4n) is 2.70. The standard InChI is InChI=1S/C20H32O/c1-16(7-5-9-18(3)15-21)8-6-10-19(4)20-13-11-17(2)12-14-20/h8-11,20-21H,5-7,12-15H2,1-4H3/b16-8+,18-9+,19-10+/t20-/m0/s1. The van der Waals surface area contributed by atoms with E-state index < -0.39 is 0 Å². The third-order valence-corrected chi connectivity index (χ3v) is 4.47. The number of aliphatic hydroxyl groups excluding tert-OH is 1. The molecule has 0 unspecified atom stereocenters. The summed E-state index contributed by atoms with van der Waals surface area (Å²) in [4.78, 5) is 0. The van der Waals surface area contributed by atoms with Gasteiger partial charge in [0.15, 0.2) is 0 Å². The first-order valence-electron chi connectivity index (χ1n) is 8.27. The van der Waals surface area contributed by atoms with E-state index >= 15 is 0 Å². The van der Waals surface area contributed by atoms with E-state index in [4.69, 9.17) is 5.11 Å². The Morgan fingerprint density at radius 1 is 1.19 bits per heavy atom. The van der Waals surface area contributed by atoms with Crippen molar-refractivity contribution in [1.82, 2.24) is 0 Å². The van der Waals surface area contributed by atoms with Crippen LogP contribution in [0, 0.1) is 5.92 Å². The topological polar surface area (TPSA) is 20.2 Å². The van der Waals surface area contributed by atoms with Crippen molar-refractivity contribution in [3.8, 4) is 0 Å². The normalized spacial score (nSPS) is 21.5. The molecule has 0 aromatic carbocycles. The lowest BCUT2D eigenvalue weighted by Gasteiger charge is -2.21. The minimum Gasteiger partial charge on any atom is -0.392 e. The fraction of sp³-hybridized carbons (Fsp3) is 0.600. The zero-order chi connectivity index (χ0) is 15.7. The quantitative estimate of drug-likeness (QED) is 0.593. The van der Waals surface area contributed by atoms with Crippen LogP contribution < -0.4 is 0 Å². The molecule has 0 radical (unpaired) electrons. The molecule has 0 aromatic heterocycles. The average molecular weight is 288 g/mol. The van der Waals surface area contributed by atoms with Crippen molar-refractivity contribution in [2.24, 2.45) is 5.92 Å². The second-order valence-electron chi connectivity index (χ2n) is 6.50. The molecule has 1 atom stereocenters. The lowest BCUT2D eigenvalue weighted by atomic mass is 9.85. The smallest absolute Gasteiger partial charge is 0.0639 e. The van der Waals surface area contributed by atoms with Crippen LogP contribution >= 0.6 is 0 Å². The molecular formula is C20H32O. The first-order chi connectivity index (χ1) is 10.0. The van der Waals surface area contributed by atoms with E-state index in [0.717, 1.165) is 30.8 Å². The van der Waals surface area contributed by atoms with Gasteiger partial charge in [-0.3, -0.25) is 0 Å². The third kappa shape index (κ3) is 7.47. The molecule has 0 heterocycles. The van der Waals surface area contributed by atoms with Gasteiger partial charge in [-0.15, -0.1) is 0 Å². The van der Waals surface area contributed by atoms with E-state index in [0.29, 0.717) is 0 Å². The molecule has 1 N–H and O–H groups in total. The summed E-state index contributed by atoms with van der Waals surface area (Å²) in [5, 5.41) is 8.95. The SMILES string of the molecule is CC1=CC[C@H](/C(C)=C/C/C=C(\C)CC/C=C(\C)CO)CC1. The van der Waals surface area contributed by atoms with E-state index in [9.17, 15) is 0 Å². The summed E-state index contributed by atoms with van der Waals surface area (Å²) in [6.45, 7) is 8.90. The molecular weight excluding hydrogens is 256 g/mol. The monoisotopic (exact) mass is 288 g/mol. The van der Waals surface area contributed by atoms with Crippen LogP contribution in [0.4, 0.5) is 0 Å². The summed E-state index contributed by atoms with van der Waals surface area (Å²) >= 11 is 0. The Bertz CT molecular complexity index is 435. The number of rotatable bonds is 7. The van der Waals surface area contributed by atoms with Crippen LogP contribution in [0.15, 0.2) is 46.6 Å². The van der Waals surface area contributed by atoms with Crippen LogP contribution in [0.1, 0.15) is 66.2 Å². The molecule has 0 fully saturated rings. The molecule has 0 amide bonds. The highest BCUT2D eigenvalue weighted by atomic mass is 16.3. The van der Waals surface area contributed by atoms with Gasteiger partial charge in [-0.1, -0.05) is 46.6 Å². The van der Waals surface area contributed by atoms with Crippen molar-refractivity contribution in [2.45, 2.75) is 66.2 Å². The molecule has 0 aliphatic heterocycles. The Balaban J connectivity index is 2.36. The Labute approximate surface area is 131 Å². The number of hydrogen-bond donors (Lipinski definition) is 1. The first kappa shape index (κ1) is 18.0. The highest BCUT2D eigenvalue weighted by molar-refractivity contribution is 5.14. The van der Waals surface area contributed by atoms with E-state index in [1.807, 2.05) is 6.92 Å². The van der Waals surface area contributed by atoms with Crippen molar-refractivity contribution in [2.75, 3.05) is 6.61 Å². The summed E-state index contributed by atoms with van der Waals surface area (Å²) < 4.78 is 0. The summed E-state index contributed by atoms with van der Waals surface area (Å²) in [5.41, 5.74) is 5.62. The number of allylic oxidation sites excluding steroid dienone is 7. The predicted octanol–water partition coefficient (Wildman–Crippen LogP) is 5.73. The van der Waals surface area contributed by atoms with Gasteiger partial charge in [0.25, 0.3) is 0 Å². The zero-order valence-corrected chi connectivity index (χ0v) is 14.3. The minimum atomic E-state index is 0.181. The van der Waals surface area contributed by atoms with Crippen LogP contribution in [0.5, 0.6) is 0 Å². The van der Waals surface area contributed by atoms with Gasteiger partial charge in [-0.25, -0.2) is 0 Å². The average Bonchev–Trinajstić information content (AvgIpc) is 2.47. The fourth-order valence-corrected chi connectivity index (χ4v) is 2.70. The van der Waals surface area contributed by atoms with Gasteiger partial charge in [-0.2, -0.15) is 0 Å². The van der Waals surface area contributed by atoms with Gasteiger partial charge in [0.05, 0.1) is 6.61 Å². The molecule has 118 valence electrons. The van der Waals surface area contributed by atoms with Crippen molar-refractivity contribution in [3.63, 3.8) is 0 Å². The largest absolute Gasteiger partial charge is 0.392 e. The third-order valence-electron chi connectivity index (χ3n) is 4.47. The van der Waals surface area contributed by atoms with Gasteiger partial charge in [0.1, 0.15) is 0 Å². The molecule has 0 spiro atoms. The molecule has 0 bridgehead atoms. The highest BCUT2D eigenvalue weighted by Gasteiger charge is 2.13. The number of hydrogen-bond acceptors (Lipinski definition) is 1. The summed E-state index contributed by atoms with van der Waals surface area (Å²) in [7, 11) is 0. The summed E-state index contributed by atoms with van der Waals surface area (Å²) in [6, 6.07) is 0. The molecule has 0 saturated heterocycles. The molecule has 1 aliphatic rings. The second-order valence-corrected chi connectivity index (χ2v) is 6.50. The molecule has 21 heavy (non-hydrogen) atoms. The lowest BCUT2D eigenvalue weighted by Crippen LogP contribution is -2.05. The van der Waals surface area contributed by atoms with Crippen LogP contribution in [0.25, 0.3) is 0 Å². The molecule has 1 aliphatic carbocycles. The zero-order valence-electron chi connectivity index (χ0n) is 14.3. The Kier molecular flexibility index (Phi) is 8.37. The van der Waals surface area contributed by atoms with Crippen LogP contribution in [-0.4, -0.2) is 11.7 Å². The van der Waals surface area contributed by atoms with Gasteiger partial charge >= 0.3 is 0 Å². The molecule has 1 heteroatoms. The molecule has 0 aromatic rings. The van der Waals surface area contributed by atoms with Crippen molar-refractivity contribution < 1.29 is 5.11 Å².